The number of aryl methyl sites for hydroxylation is 2. The van der Waals surface area contributed by atoms with E-state index in [0.29, 0.717) is 12.0 Å². The van der Waals surface area contributed by atoms with E-state index in [1.165, 1.54) is 5.56 Å². The third-order valence-electron chi connectivity index (χ3n) is 3.96. The summed E-state index contributed by atoms with van der Waals surface area (Å²) >= 11 is 6.29. The monoisotopic (exact) mass is 270 g/mol. The van der Waals surface area contributed by atoms with Crippen LogP contribution in [0.4, 0.5) is 0 Å². The van der Waals surface area contributed by atoms with Crippen molar-refractivity contribution < 1.29 is 0 Å². The normalized spacial score (nSPS) is 25.3. The lowest BCUT2D eigenvalue weighted by Crippen LogP contribution is -2.34. The topological polar surface area (TPSA) is 24.3 Å². The highest BCUT2D eigenvalue weighted by Gasteiger charge is 2.31. The van der Waals surface area contributed by atoms with Gasteiger partial charge in [-0.2, -0.15) is 5.10 Å². The molecule has 2 atom stereocenters. The Kier molecular flexibility index (Phi) is 3.99. The Morgan fingerprint density at radius 1 is 1.39 bits per heavy atom. The van der Waals surface area contributed by atoms with Crippen molar-refractivity contribution in [3.8, 4) is 0 Å². The minimum absolute atomic E-state index is 0.640. The summed E-state index contributed by atoms with van der Waals surface area (Å²) in [5, 5.41) is 5.15. The fourth-order valence-corrected chi connectivity index (χ4v) is 3.16. The number of likely N-dealkylation sites (N-methyl/N-ethyl adjacent to an activating group) is 1. The lowest BCUT2D eigenvalue weighted by atomic mass is 10.1. The maximum Gasteiger partial charge on any atom is 0.131 e. The van der Waals surface area contributed by atoms with Crippen LogP contribution >= 0.6 is 11.6 Å². The highest BCUT2D eigenvalue weighted by molar-refractivity contribution is 6.30. The van der Waals surface area contributed by atoms with Gasteiger partial charge in [-0.15, -0.1) is 0 Å². The summed E-state index contributed by atoms with van der Waals surface area (Å²) in [5.41, 5.74) is 2.22. The van der Waals surface area contributed by atoms with Crippen molar-refractivity contribution in [1.29, 1.82) is 0 Å². The van der Waals surface area contributed by atoms with Gasteiger partial charge < -0.3 is 4.90 Å². The van der Waals surface area contributed by atoms with Crippen molar-refractivity contribution in [3.05, 3.63) is 16.4 Å². The zero-order valence-corrected chi connectivity index (χ0v) is 12.7. The summed E-state index contributed by atoms with van der Waals surface area (Å²) in [4.78, 5) is 4.80. The van der Waals surface area contributed by atoms with Gasteiger partial charge in [0, 0.05) is 38.3 Å². The Balaban J connectivity index is 2.07. The van der Waals surface area contributed by atoms with E-state index >= 15 is 0 Å². The van der Waals surface area contributed by atoms with E-state index in [9.17, 15) is 0 Å². The van der Waals surface area contributed by atoms with Crippen molar-refractivity contribution in [3.63, 3.8) is 0 Å². The average Bonchev–Trinajstić information content (AvgIpc) is 2.75. The number of halogens is 1. The molecule has 0 saturated carbocycles. The minimum atomic E-state index is 0.640. The first-order valence-electron chi connectivity index (χ1n) is 6.47. The summed E-state index contributed by atoms with van der Waals surface area (Å²) in [6.07, 6.45) is 0. The van der Waals surface area contributed by atoms with Gasteiger partial charge in [-0.25, -0.2) is 0 Å². The van der Waals surface area contributed by atoms with Gasteiger partial charge in [-0.05, 0) is 26.9 Å². The quantitative estimate of drug-likeness (QED) is 0.837. The van der Waals surface area contributed by atoms with Crippen molar-refractivity contribution >= 4 is 11.6 Å². The largest absolute Gasteiger partial charge is 0.305 e. The molecule has 1 aliphatic heterocycles. The average molecular weight is 271 g/mol. The van der Waals surface area contributed by atoms with Gasteiger partial charge in [0.1, 0.15) is 5.15 Å². The molecule has 1 fully saturated rings. The van der Waals surface area contributed by atoms with Crippen LogP contribution in [0.3, 0.4) is 0 Å². The molecule has 5 heteroatoms. The molecule has 0 bridgehead atoms. The highest BCUT2D eigenvalue weighted by atomic mass is 35.5. The molecule has 0 aromatic carbocycles. The van der Waals surface area contributed by atoms with Crippen LogP contribution in [0.25, 0.3) is 0 Å². The van der Waals surface area contributed by atoms with E-state index in [0.717, 1.165) is 30.5 Å². The van der Waals surface area contributed by atoms with Crippen LogP contribution < -0.4 is 0 Å². The van der Waals surface area contributed by atoms with Gasteiger partial charge >= 0.3 is 0 Å². The molecule has 18 heavy (non-hydrogen) atoms. The van der Waals surface area contributed by atoms with Gasteiger partial charge in [0.05, 0.1) is 5.69 Å². The lowest BCUT2D eigenvalue weighted by Gasteiger charge is -2.22. The number of rotatable bonds is 3. The van der Waals surface area contributed by atoms with Crippen LogP contribution in [-0.4, -0.2) is 52.8 Å². The zero-order chi connectivity index (χ0) is 13.4. The van der Waals surface area contributed by atoms with Crippen LogP contribution in [0.1, 0.15) is 18.2 Å². The standard InChI is InChI=1S/C13H23ClN4/c1-9-6-18(8-12(9)16(3)4)7-11-10(2)15-17(5)13(11)14/h9,12H,6-8H2,1-5H3. The Labute approximate surface area is 115 Å². The van der Waals surface area contributed by atoms with Crippen LogP contribution in [0.2, 0.25) is 5.15 Å². The predicted molar refractivity (Wildman–Crippen MR) is 74.9 cm³/mol. The minimum Gasteiger partial charge on any atom is -0.305 e. The van der Waals surface area contributed by atoms with Gasteiger partial charge in [0.2, 0.25) is 0 Å². The van der Waals surface area contributed by atoms with Crippen molar-refractivity contribution in [2.24, 2.45) is 13.0 Å². The Hall–Kier alpha value is -0.580. The second-order valence-corrected chi connectivity index (χ2v) is 6.04. The second-order valence-electron chi connectivity index (χ2n) is 5.68. The maximum absolute atomic E-state index is 6.29. The molecule has 0 aliphatic carbocycles. The molecule has 0 radical (unpaired) electrons. The van der Waals surface area contributed by atoms with Gasteiger partial charge in [-0.1, -0.05) is 18.5 Å². The Morgan fingerprint density at radius 3 is 2.50 bits per heavy atom. The first-order valence-corrected chi connectivity index (χ1v) is 6.84. The lowest BCUT2D eigenvalue weighted by molar-refractivity contribution is 0.250. The molecule has 1 aromatic rings. The molecule has 1 saturated heterocycles. The molecule has 1 aromatic heterocycles. The van der Waals surface area contributed by atoms with E-state index in [1.54, 1.807) is 4.68 Å². The van der Waals surface area contributed by atoms with Crippen molar-refractivity contribution in [2.45, 2.75) is 26.4 Å². The van der Waals surface area contributed by atoms with Gasteiger partial charge in [0.15, 0.2) is 0 Å². The number of hydrogen-bond acceptors (Lipinski definition) is 3. The summed E-state index contributed by atoms with van der Waals surface area (Å²) in [6.45, 7) is 7.51. The fraction of sp³-hybridized carbons (Fsp3) is 0.769. The van der Waals surface area contributed by atoms with Crippen LogP contribution in [0.15, 0.2) is 0 Å². The molecular weight excluding hydrogens is 248 g/mol. The first-order chi connectivity index (χ1) is 8.40. The third kappa shape index (κ3) is 2.56. The van der Waals surface area contributed by atoms with E-state index in [1.807, 2.05) is 14.0 Å². The molecule has 2 heterocycles. The van der Waals surface area contributed by atoms with E-state index < -0.39 is 0 Å². The molecule has 0 N–H and O–H groups in total. The van der Waals surface area contributed by atoms with Crippen molar-refractivity contribution in [2.75, 3.05) is 27.2 Å². The van der Waals surface area contributed by atoms with Gasteiger partial charge in [0.25, 0.3) is 0 Å². The molecule has 102 valence electrons. The number of likely N-dealkylation sites (tertiary alicyclic amines) is 1. The smallest absolute Gasteiger partial charge is 0.131 e. The summed E-state index contributed by atoms with van der Waals surface area (Å²) in [7, 11) is 6.22. The molecule has 2 rings (SSSR count). The summed E-state index contributed by atoms with van der Waals surface area (Å²) < 4.78 is 1.76. The van der Waals surface area contributed by atoms with Gasteiger partial charge in [-0.3, -0.25) is 9.58 Å². The molecular formula is C13H23ClN4. The molecule has 4 nitrogen and oxygen atoms in total. The number of aromatic nitrogens is 2. The van der Waals surface area contributed by atoms with Crippen LogP contribution in [-0.2, 0) is 13.6 Å². The molecule has 1 aliphatic rings. The maximum atomic E-state index is 6.29. The van der Waals surface area contributed by atoms with E-state index in [-0.39, 0.29) is 0 Å². The Bertz CT molecular complexity index is 427. The summed E-state index contributed by atoms with van der Waals surface area (Å²) in [6, 6.07) is 0.640. The third-order valence-corrected chi connectivity index (χ3v) is 4.44. The molecule has 0 spiro atoms. The van der Waals surface area contributed by atoms with Crippen molar-refractivity contribution in [1.82, 2.24) is 19.6 Å². The van der Waals surface area contributed by atoms with Crippen LogP contribution in [0.5, 0.6) is 0 Å². The zero-order valence-electron chi connectivity index (χ0n) is 11.9. The molecule has 0 amide bonds. The van der Waals surface area contributed by atoms with E-state index in [4.69, 9.17) is 11.6 Å². The number of nitrogens with zero attached hydrogens (tertiary/aromatic N) is 4. The fourth-order valence-electron chi connectivity index (χ4n) is 2.93. The second kappa shape index (κ2) is 5.19. The summed E-state index contributed by atoms with van der Waals surface area (Å²) in [5.74, 6) is 0.704. The first kappa shape index (κ1) is 13.8. The number of hydrogen-bond donors (Lipinski definition) is 0. The SMILES string of the molecule is Cc1nn(C)c(Cl)c1CN1CC(C)C(N(C)C)C1. The highest BCUT2D eigenvalue weighted by Crippen LogP contribution is 2.25. The Morgan fingerprint density at radius 2 is 2.06 bits per heavy atom. The van der Waals surface area contributed by atoms with E-state index in [2.05, 4.69) is 35.9 Å². The molecule has 2 unspecified atom stereocenters. The van der Waals surface area contributed by atoms with Crippen LogP contribution in [0, 0.1) is 12.8 Å². The predicted octanol–water partition coefficient (Wildman–Crippen LogP) is 1.76.